The lowest BCUT2D eigenvalue weighted by atomic mass is 10.1. The lowest BCUT2D eigenvalue weighted by molar-refractivity contribution is 0.0693. The van der Waals surface area contributed by atoms with Crippen molar-refractivity contribution in [2.75, 3.05) is 4.72 Å². The number of benzene rings is 1. The van der Waals surface area contributed by atoms with Crippen molar-refractivity contribution in [1.29, 1.82) is 0 Å². The van der Waals surface area contributed by atoms with Crippen molar-refractivity contribution in [3.05, 3.63) is 34.2 Å². The molecule has 1 aromatic rings. The van der Waals surface area contributed by atoms with Gasteiger partial charge in [-0.1, -0.05) is 6.08 Å². The number of hydrogen-bond donors (Lipinski definition) is 4. The third kappa shape index (κ3) is 3.62. The molecule has 0 atom stereocenters. The summed E-state index contributed by atoms with van der Waals surface area (Å²) in [5.74, 6) is -3.84. The van der Waals surface area contributed by atoms with Gasteiger partial charge in [-0.05, 0) is 37.8 Å². The summed E-state index contributed by atoms with van der Waals surface area (Å²) in [6, 6.07) is 1.64. The fourth-order valence-corrected chi connectivity index (χ4v) is 3.59. The Labute approximate surface area is 132 Å². The first-order valence-electron chi connectivity index (χ1n) is 6.78. The minimum atomic E-state index is -3.98. The number of sulfonamides is 1. The van der Waals surface area contributed by atoms with Crippen molar-refractivity contribution in [1.82, 2.24) is 0 Å². The van der Waals surface area contributed by atoms with E-state index in [-0.39, 0.29) is 4.91 Å². The van der Waals surface area contributed by atoms with Gasteiger partial charge in [0.05, 0.1) is 16.2 Å². The summed E-state index contributed by atoms with van der Waals surface area (Å²) in [5.41, 5.74) is -1.62. The highest BCUT2D eigenvalue weighted by Crippen LogP contribution is 2.32. The first kappa shape index (κ1) is 16.8. The number of anilines is 1. The van der Waals surface area contributed by atoms with Crippen molar-refractivity contribution in [2.24, 2.45) is 0 Å². The number of phenols is 1. The molecule has 0 unspecified atom stereocenters. The number of hydrogen-bond acceptors (Lipinski definition) is 5. The maximum atomic E-state index is 12.3. The Balaban J connectivity index is 2.48. The standard InChI is InChI=1S/C14H15NO7S/c16-12-10(14(19)20)6-8(13(17)18)7-11(12)15-23(21,22)9-4-2-1-3-5-9/h4,6-7,15-16H,1-3,5H2,(H,17,18)(H,19,20). The van der Waals surface area contributed by atoms with Gasteiger partial charge in [0.2, 0.25) is 0 Å². The zero-order chi connectivity index (χ0) is 17.2. The van der Waals surface area contributed by atoms with Crippen LogP contribution in [0, 0.1) is 0 Å². The van der Waals surface area contributed by atoms with Gasteiger partial charge in [0.25, 0.3) is 10.0 Å². The molecule has 1 aliphatic rings. The normalized spacial score (nSPS) is 14.9. The number of aromatic hydroxyl groups is 1. The van der Waals surface area contributed by atoms with Gasteiger partial charge in [-0.2, -0.15) is 0 Å². The summed E-state index contributed by atoms with van der Waals surface area (Å²) in [5, 5.41) is 27.9. The van der Waals surface area contributed by atoms with E-state index in [2.05, 4.69) is 4.72 Å². The quantitative estimate of drug-likeness (QED) is 0.600. The van der Waals surface area contributed by atoms with Crippen molar-refractivity contribution in [3.8, 4) is 5.75 Å². The van der Waals surface area contributed by atoms with Crippen LogP contribution in [0.1, 0.15) is 46.4 Å². The molecule has 0 fully saturated rings. The van der Waals surface area contributed by atoms with Gasteiger partial charge in [0, 0.05) is 0 Å². The molecule has 0 bridgehead atoms. The Morgan fingerprint density at radius 2 is 1.78 bits per heavy atom. The fraction of sp³-hybridized carbons (Fsp3) is 0.286. The minimum Gasteiger partial charge on any atom is -0.505 e. The molecule has 0 saturated heterocycles. The second kappa shape index (κ2) is 6.29. The molecule has 9 heteroatoms. The maximum Gasteiger partial charge on any atom is 0.339 e. The van der Waals surface area contributed by atoms with E-state index in [1.807, 2.05) is 0 Å². The molecule has 0 spiro atoms. The number of aromatic carboxylic acids is 2. The Bertz CT molecular complexity index is 796. The van der Waals surface area contributed by atoms with Crippen molar-refractivity contribution in [3.63, 3.8) is 0 Å². The zero-order valence-electron chi connectivity index (χ0n) is 11.9. The Kier molecular flexibility index (Phi) is 4.60. The van der Waals surface area contributed by atoms with E-state index in [1.54, 1.807) is 6.08 Å². The molecule has 23 heavy (non-hydrogen) atoms. The highest BCUT2D eigenvalue weighted by Gasteiger charge is 2.24. The van der Waals surface area contributed by atoms with Gasteiger partial charge in [-0.25, -0.2) is 18.0 Å². The van der Waals surface area contributed by atoms with Crippen LogP contribution in [0.4, 0.5) is 5.69 Å². The lowest BCUT2D eigenvalue weighted by Crippen LogP contribution is -2.17. The molecule has 0 aliphatic heterocycles. The van der Waals surface area contributed by atoms with Crippen LogP contribution in [-0.4, -0.2) is 35.7 Å². The van der Waals surface area contributed by atoms with Crippen molar-refractivity contribution in [2.45, 2.75) is 25.7 Å². The summed E-state index contributed by atoms with van der Waals surface area (Å²) < 4.78 is 26.6. The van der Waals surface area contributed by atoms with Gasteiger partial charge in [0.15, 0.2) is 5.75 Å². The second-order valence-electron chi connectivity index (χ2n) is 5.05. The summed E-state index contributed by atoms with van der Waals surface area (Å²) >= 11 is 0. The van der Waals surface area contributed by atoms with Crippen LogP contribution < -0.4 is 4.72 Å². The molecule has 8 nitrogen and oxygen atoms in total. The zero-order valence-corrected chi connectivity index (χ0v) is 12.8. The molecule has 4 N–H and O–H groups in total. The first-order chi connectivity index (χ1) is 10.7. The minimum absolute atomic E-state index is 0.140. The molecule has 0 saturated carbocycles. The second-order valence-corrected chi connectivity index (χ2v) is 6.79. The van der Waals surface area contributed by atoms with Crippen LogP contribution in [-0.2, 0) is 10.0 Å². The fourth-order valence-electron chi connectivity index (χ4n) is 2.26. The Morgan fingerprint density at radius 1 is 1.09 bits per heavy atom. The number of allylic oxidation sites excluding steroid dienone is 2. The van der Waals surface area contributed by atoms with Gasteiger partial charge in [0.1, 0.15) is 5.56 Å². The molecule has 0 heterocycles. The van der Waals surface area contributed by atoms with Gasteiger partial charge < -0.3 is 15.3 Å². The summed E-state index contributed by atoms with van der Waals surface area (Å²) in [4.78, 5) is 22.3. The SMILES string of the molecule is O=C(O)c1cc(NS(=O)(=O)C2=CCCCC2)c(O)c(C(=O)O)c1. The number of rotatable bonds is 5. The van der Waals surface area contributed by atoms with Crippen LogP contribution in [0.5, 0.6) is 5.75 Å². The van der Waals surface area contributed by atoms with Crippen molar-refractivity contribution < 1.29 is 33.3 Å². The third-order valence-electron chi connectivity index (χ3n) is 3.43. The average Bonchev–Trinajstić information content (AvgIpc) is 2.49. The van der Waals surface area contributed by atoms with E-state index in [4.69, 9.17) is 10.2 Å². The van der Waals surface area contributed by atoms with E-state index < -0.39 is 44.5 Å². The molecule has 0 aromatic heterocycles. The summed E-state index contributed by atoms with van der Waals surface area (Å²) in [6.07, 6.45) is 4.08. The van der Waals surface area contributed by atoms with E-state index in [1.165, 1.54) is 0 Å². The van der Waals surface area contributed by atoms with E-state index in [9.17, 15) is 23.1 Å². The molecule has 1 aromatic carbocycles. The van der Waals surface area contributed by atoms with Crippen molar-refractivity contribution >= 4 is 27.6 Å². The number of carboxylic acids is 2. The number of carboxylic acid groups (broad SMARTS) is 2. The largest absolute Gasteiger partial charge is 0.505 e. The van der Waals surface area contributed by atoms with Crippen LogP contribution in [0.3, 0.4) is 0 Å². The predicted octanol–water partition coefficient (Wildman–Crippen LogP) is 1.99. The van der Waals surface area contributed by atoms with Gasteiger partial charge >= 0.3 is 11.9 Å². The van der Waals surface area contributed by atoms with Gasteiger partial charge in [-0.15, -0.1) is 0 Å². The summed E-state index contributed by atoms with van der Waals surface area (Å²) in [7, 11) is -3.98. The van der Waals surface area contributed by atoms with Crippen LogP contribution in [0.15, 0.2) is 23.1 Å². The Hall–Kier alpha value is -2.55. The summed E-state index contributed by atoms with van der Waals surface area (Å²) in [6.45, 7) is 0. The molecule has 0 amide bonds. The van der Waals surface area contributed by atoms with E-state index in [0.29, 0.717) is 19.3 Å². The number of carbonyl (C=O) groups is 2. The van der Waals surface area contributed by atoms with Crippen LogP contribution in [0.25, 0.3) is 0 Å². The molecule has 124 valence electrons. The molecule has 2 rings (SSSR count). The van der Waals surface area contributed by atoms with E-state index in [0.717, 1.165) is 18.6 Å². The topological polar surface area (TPSA) is 141 Å². The molecular weight excluding hydrogens is 326 g/mol. The Morgan fingerprint density at radius 3 is 2.30 bits per heavy atom. The molecule has 0 radical (unpaired) electrons. The van der Waals surface area contributed by atoms with Crippen LogP contribution in [0.2, 0.25) is 0 Å². The monoisotopic (exact) mass is 341 g/mol. The van der Waals surface area contributed by atoms with Gasteiger partial charge in [-0.3, -0.25) is 4.72 Å². The third-order valence-corrected chi connectivity index (χ3v) is 4.98. The van der Waals surface area contributed by atoms with Crippen LogP contribution >= 0.6 is 0 Å². The maximum absolute atomic E-state index is 12.3. The highest BCUT2D eigenvalue weighted by atomic mass is 32.2. The first-order valence-corrected chi connectivity index (χ1v) is 8.26. The predicted molar refractivity (Wildman–Crippen MR) is 81.1 cm³/mol. The molecule has 1 aliphatic carbocycles. The molecular formula is C14H15NO7S. The lowest BCUT2D eigenvalue weighted by Gasteiger charge is -2.16. The average molecular weight is 341 g/mol. The smallest absolute Gasteiger partial charge is 0.339 e. The number of nitrogens with one attached hydrogen (secondary N) is 1. The van der Waals surface area contributed by atoms with E-state index >= 15 is 0 Å². The highest BCUT2D eigenvalue weighted by molar-refractivity contribution is 7.96.